The third-order valence-electron chi connectivity index (χ3n) is 7.39. The van der Waals surface area contributed by atoms with Crippen LogP contribution in [0.1, 0.15) is 82.1 Å². The van der Waals surface area contributed by atoms with Crippen molar-refractivity contribution in [2.75, 3.05) is 0 Å². The lowest BCUT2D eigenvalue weighted by atomic mass is 9.91. The van der Waals surface area contributed by atoms with Gasteiger partial charge in [-0.3, -0.25) is 0 Å². The van der Waals surface area contributed by atoms with Crippen LogP contribution in [0.2, 0.25) is 21.7 Å². The molecule has 142 valence electrons. The Morgan fingerprint density at radius 2 is 1.00 bits per heavy atom. The lowest BCUT2D eigenvalue weighted by Crippen LogP contribution is -2.57. The Bertz CT molecular complexity index is 386. The highest BCUT2D eigenvalue weighted by Crippen LogP contribution is 2.69. The summed E-state index contributed by atoms with van der Waals surface area (Å²) in [7, 11) is -1.67. The first-order valence-corrected chi connectivity index (χ1v) is 12.5. The second kappa shape index (κ2) is 7.04. The zero-order valence-corrected chi connectivity index (χ0v) is 18.8. The van der Waals surface area contributed by atoms with Gasteiger partial charge in [-0.25, -0.2) is 0 Å². The minimum absolute atomic E-state index is 0.0381. The highest BCUT2D eigenvalue weighted by atomic mass is 28.3. The van der Waals surface area contributed by atoms with E-state index in [9.17, 15) is 0 Å². The molecule has 0 bridgehead atoms. The fourth-order valence-electron chi connectivity index (χ4n) is 6.77. The van der Waals surface area contributed by atoms with Gasteiger partial charge in [0.1, 0.15) is 0 Å². The van der Waals surface area contributed by atoms with Gasteiger partial charge in [0.05, 0.1) is 20.3 Å². The minimum atomic E-state index is -1.67. The molecule has 0 N–H and O–H groups in total. The molecule has 3 heteroatoms. The van der Waals surface area contributed by atoms with E-state index in [2.05, 4.69) is 69.2 Å². The van der Waals surface area contributed by atoms with Gasteiger partial charge in [0, 0.05) is 5.04 Å². The summed E-state index contributed by atoms with van der Waals surface area (Å²) in [5, 5.41) is 0.285. The molecular formula is C21H42O2Si. The van der Waals surface area contributed by atoms with E-state index in [4.69, 9.17) is 9.47 Å². The second-order valence-corrected chi connectivity index (χ2v) is 16.5. The molecule has 0 aromatic rings. The average Bonchev–Trinajstić information content (AvgIpc) is 2.92. The molecular weight excluding hydrogens is 312 g/mol. The maximum atomic E-state index is 6.60. The Morgan fingerprint density at radius 3 is 1.25 bits per heavy atom. The predicted octanol–water partition coefficient (Wildman–Crippen LogP) is 6.62. The Labute approximate surface area is 152 Å². The van der Waals surface area contributed by atoms with Gasteiger partial charge in [0.2, 0.25) is 0 Å². The van der Waals surface area contributed by atoms with Crippen LogP contribution >= 0.6 is 0 Å². The summed E-state index contributed by atoms with van der Waals surface area (Å²) >= 11 is 0. The molecule has 2 aliphatic rings. The first kappa shape index (κ1) is 20.4. The van der Waals surface area contributed by atoms with E-state index in [1.807, 2.05) is 0 Å². The smallest absolute Gasteiger partial charge is 0.161 e. The van der Waals surface area contributed by atoms with Crippen LogP contribution in [0.15, 0.2) is 0 Å². The van der Waals surface area contributed by atoms with Gasteiger partial charge in [-0.15, -0.1) is 0 Å². The van der Waals surface area contributed by atoms with E-state index in [1.165, 1.54) is 12.8 Å². The van der Waals surface area contributed by atoms with Crippen molar-refractivity contribution in [3.05, 3.63) is 0 Å². The topological polar surface area (TPSA) is 18.5 Å². The van der Waals surface area contributed by atoms with Crippen molar-refractivity contribution in [1.82, 2.24) is 0 Å². The second-order valence-electron chi connectivity index (χ2n) is 10.1. The van der Waals surface area contributed by atoms with Crippen LogP contribution < -0.4 is 0 Å². The number of ether oxygens (including phenoxy) is 2. The fraction of sp³-hybridized carbons (Fsp3) is 1.00. The molecule has 0 aliphatic carbocycles. The monoisotopic (exact) mass is 354 g/mol. The first-order chi connectivity index (χ1) is 11.0. The third kappa shape index (κ3) is 2.83. The summed E-state index contributed by atoms with van der Waals surface area (Å²) in [6.45, 7) is 24.2. The Hall–Kier alpha value is 0.137. The number of rotatable bonds is 6. The Kier molecular flexibility index (Phi) is 6.00. The van der Waals surface area contributed by atoms with Crippen molar-refractivity contribution >= 4 is 8.07 Å². The van der Waals surface area contributed by atoms with E-state index in [0.29, 0.717) is 24.0 Å². The number of hydrogen-bond acceptors (Lipinski definition) is 2. The molecule has 0 amide bonds. The van der Waals surface area contributed by atoms with Crippen molar-refractivity contribution < 1.29 is 9.47 Å². The normalized spacial score (nSPS) is 34.4. The van der Waals surface area contributed by atoms with Gasteiger partial charge < -0.3 is 9.47 Å². The quantitative estimate of drug-likeness (QED) is 0.499. The summed E-state index contributed by atoms with van der Waals surface area (Å²) < 4.78 is 13.2. The van der Waals surface area contributed by atoms with Crippen LogP contribution in [0.5, 0.6) is 0 Å². The molecule has 0 saturated carbocycles. The molecule has 0 spiro atoms. The molecule has 2 nitrogen and oxygen atoms in total. The van der Waals surface area contributed by atoms with E-state index < -0.39 is 8.07 Å². The van der Waals surface area contributed by atoms with Crippen LogP contribution in [0, 0.1) is 11.8 Å². The first-order valence-electron chi connectivity index (χ1n) is 10.3. The van der Waals surface area contributed by atoms with Gasteiger partial charge in [0.15, 0.2) is 6.29 Å². The summed E-state index contributed by atoms with van der Waals surface area (Å²) in [6, 6.07) is 0. The molecule has 0 radical (unpaired) electrons. The largest absolute Gasteiger partial charge is 0.349 e. The van der Waals surface area contributed by atoms with Crippen molar-refractivity contribution in [3.63, 3.8) is 0 Å². The highest BCUT2D eigenvalue weighted by molar-refractivity contribution is 6.86. The maximum Gasteiger partial charge on any atom is 0.161 e. The lowest BCUT2D eigenvalue weighted by molar-refractivity contribution is -0.152. The fourth-order valence-corrected chi connectivity index (χ4v) is 15.9. The predicted molar refractivity (Wildman–Crippen MR) is 106 cm³/mol. The average molecular weight is 355 g/mol. The molecule has 2 rings (SSSR count). The molecule has 24 heavy (non-hydrogen) atoms. The minimum Gasteiger partial charge on any atom is -0.349 e. The van der Waals surface area contributed by atoms with Gasteiger partial charge in [0.25, 0.3) is 0 Å². The van der Waals surface area contributed by atoms with Gasteiger partial charge >= 0.3 is 0 Å². The Balaban J connectivity index is 2.57. The summed E-state index contributed by atoms with van der Waals surface area (Å²) in [5.74, 6) is 1.15. The summed E-state index contributed by atoms with van der Waals surface area (Å²) in [4.78, 5) is 0. The molecule has 2 heterocycles. The zero-order valence-electron chi connectivity index (χ0n) is 17.8. The van der Waals surface area contributed by atoms with Crippen molar-refractivity contribution in [2.24, 2.45) is 11.8 Å². The highest BCUT2D eigenvalue weighted by Gasteiger charge is 2.69. The molecule has 2 fully saturated rings. The van der Waals surface area contributed by atoms with Crippen LogP contribution in [0.3, 0.4) is 0 Å². The molecule has 2 aliphatic heterocycles. The molecule has 2 unspecified atom stereocenters. The van der Waals surface area contributed by atoms with E-state index in [-0.39, 0.29) is 11.3 Å². The summed E-state index contributed by atoms with van der Waals surface area (Å²) in [6.07, 6.45) is 3.21. The molecule has 4 atom stereocenters. The number of fused-ring (bicyclic) bond motifs is 1. The summed E-state index contributed by atoms with van der Waals surface area (Å²) in [5.41, 5.74) is 2.26. The zero-order chi connectivity index (χ0) is 18.4. The van der Waals surface area contributed by atoms with Crippen molar-refractivity contribution in [3.8, 4) is 0 Å². The van der Waals surface area contributed by atoms with Crippen LogP contribution in [0.4, 0.5) is 0 Å². The van der Waals surface area contributed by atoms with Gasteiger partial charge in [-0.05, 0) is 41.3 Å². The van der Waals surface area contributed by atoms with Crippen LogP contribution in [-0.2, 0) is 9.47 Å². The van der Waals surface area contributed by atoms with Crippen LogP contribution in [-0.4, -0.2) is 26.6 Å². The molecule has 2 saturated heterocycles. The lowest BCUT2D eigenvalue weighted by Gasteiger charge is -2.55. The van der Waals surface area contributed by atoms with E-state index in [0.717, 1.165) is 16.6 Å². The van der Waals surface area contributed by atoms with Gasteiger partial charge in [-0.2, -0.15) is 0 Å². The number of hydrogen-bond donors (Lipinski definition) is 0. The Morgan fingerprint density at radius 1 is 0.667 bits per heavy atom. The maximum absolute atomic E-state index is 6.60. The molecule has 0 aromatic heterocycles. The standard InChI is InChI=1S/C21H42O2Si/c1-13(2)18-11-21(12-19(14(3)4)23-20(21)22-18)24(15(5)6,16(7)8)17(9)10/h13-20H,11-12H2,1-10H3/t18-,19+,20?,21?. The van der Waals surface area contributed by atoms with E-state index in [1.54, 1.807) is 0 Å². The SMILES string of the molecule is CC(C)[C@@H]1CC2([Si](C(C)C)(C(C)C)C(C)C)C[C@H](C(C)C)OC2O1. The van der Waals surface area contributed by atoms with Crippen molar-refractivity contribution in [1.29, 1.82) is 0 Å². The van der Waals surface area contributed by atoms with Crippen LogP contribution in [0.25, 0.3) is 0 Å². The molecule has 0 aromatic carbocycles. The van der Waals surface area contributed by atoms with Crippen molar-refractivity contribution in [2.45, 2.75) is 122 Å². The third-order valence-corrected chi connectivity index (χ3v) is 15.5. The van der Waals surface area contributed by atoms with Gasteiger partial charge in [-0.1, -0.05) is 69.2 Å². The van der Waals surface area contributed by atoms with E-state index >= 15 is 0 Å².